The van der Waals surface area contributed by atoms with Gasteiger partial charge in [0, 0.05) is 16.5 Å². The zero-order chi connectivity index (χ0) is 14.7. The van der Waals surface area contributed by atoms with Gasteiger partial charge in [-0.1, -0.05) is 60.7 Å². The van der Waals surface area contributed by atoms with Gasteiger partial charge in [-0.25, -0.2) is 0 Å². The van der Waals surface area contributed by atoms with Gasteiger partial charge in [0.15, 0.2) is 5.78 Å². The molecule has 0 fully saturated rings. The second-order valence-electron chi connectivity index (χ2n) is 5.78. The number of hydrogen-bond acceptors (Lipinski definition) is 1. The third kappa shape index (κ3) is 1.40. The fourth-order valence-corrected chi connectivity index (χ4v) is 3.55. The first-order valence-corrected chi connectivity index (χ1v) is 7.42. The summed E-state index contributed by atoms with van der Waals surface area (Å²) in [7, 11) is 0. The maximum absolute atomic E-state index is 12.9. The van der Waals surface area contributed by atoms with E-state index in [0.29, 0.717) is 0 Å². The van der Waals surface area contributed by atoms with Gasteiger partial charge in [0.2, 0.25) is 0 Å². The van der Waals surface area contributed by atoms with E-state index in [1.165, 1.54) is 5.39 Å². The second-order valence-corrected chi connectivity index (χ2v) is 5.78. The lowest BCUT2D eigenvalue weighted by Gasteiger charge is -2.20. The van der Waals surface area contributed by atoms with Crippen molar-refractivity contribution in [1.29, 1.82) is 0 Å². The van der Waals surface area contributed by atoms with E-state index in [1.807, 2.05) is 30.3 Å². The predicted octanol–water partition coefficient (Wildman–Crippen LogP) is 5.20. The van der Waals surface area contributed by atoms with Crippen LogP contribution in [0.2, 0.25) is 0 Å². The van der Waals surface area contributed by atoms with Gasteiger partial charge >= 0.3 is 0 Å². The molecule has 5 rings (SSSR count). The minimum Gasteiger partial charge on any atom is -0.289 e. The Kier molecular flexibility index (Phi) is 2.15. The number of hydrogen-bond donors (Lipinski definition) is 0. The van der Waals surface area contributed by atoms with Crippen molar-refractivity contribution < 1.29 is 4.79 Å². The van der Waals surface area contributed by atoms with E-state index in [-0.39, 0.29) is 5.78 Å². The molecule has 0 aliphatic heterocycles. The van der Waals surface area contributed by atoms with Crippen molar-refractivity contribution in [3.63, 3.8) is 0 Å². The van der Waals surface area contributed by atoms with Gasteiger partial charge in [-0.15, -0.1) is 0 Å². The van der Waals surface area contributed by atoms with Crippen molar-refractivity contribution in [1.82, 2.24) is 0 Å². The number of benzene rings is 4. The molecule has 4 aromatic carbocycles. The van der Waals surface area contributed by atoms with Gasteiger partial charge < -0.3 is 0 Å². The predicted molar refractivity (Wildman–Crippen MR) is 90.3 cm³/mol. The van der Waals surface area contributed by atoms with Crippen LogP contribution in [0.1, 0.15) is 15.9 Å². The largest absolute Gasteiger partial charge is 0.289 e. The van der Waals surface area contributed by atoms with E-state index in [9.17, 15) is 4.79 Å². The van der Waals surface area contributed by atoms with Crippen LogP contribution in [0.15, 0.2) is 72.8 Å². The number of carbonyl (C=O) groups is 1. The summed E-state index contributed by atoms with van der Waals surface area (Å²) in [5.74, 6) is 0.130. The summed E-state index contributed by atoms with van der Waals surface area (Å²) in [6.07, 6.45) is 0. The highest BCUT2D eigenvalue weighted by Gasteiger charge is 2.25. The van der Waals surface area contributed by atoms with E-state index >= 15 is 0 Å². The molecule has 0 atom stereocenters. The molecule has 0 heterocycles. The van der Waals surface area contributed by atoms with Crippen LogP contribution < -0.4 is 0 Å². The normalized spacial score (nSPS) is 12.6. The van der Waals surface area contributed by atoms with E-state index in [2.05, 4.69) is 42.5 Å². The average molecular weight is 280 g/mol. The molecule has 0 radical (unpaired) electrons. The Hall–Kier alpha value is -2.93. The highest BCUT2D eigenvalue weighted by Crippen LogP contribution is 2.40. The lowest BCUT2D eigenvalue weighted by Crippen LogP contribution is -2.09. The third-order valence-electron chi connectivity index (χ3n) is 4.57. The standard InChI is InChI=1S/C21H12O/c22-21-17-10-4-8-13-7-3-9-16(20(13)17)18-11-14-5-1-2-6-15(14)12-19(18)21/h1-12H. The lowest BCUT2D eigenvalue weighted by atomic mass is 9.82. The van der Waals surface area contributed by atoms with Crippen molar-refractivity contribution in [3.8, 4) is 11.1 Å². The SMILES string of the molecule is O=C1c2cc3ccccc3cc2-c2cccc3cccc1c23. The quantitative estimate of drug-likeness (QED) is 0.381. The van der Waals surface area contributed by atoms with Crippen LogP contribution in [0.5, 0.6) is 0 Å². The van der Waals surface area contributed by atoms with Crippen molar-refractivity contribution in [2.24, 2.45) is 0 Å². The van der Waals surface area contributed by atoms with E-state index < -0.39 is 0 Å². The molecule has 0 N–H and O–H groups in total. The molecule has 4 aromatic rings. The molecular weight excluding hydrogens is 268 g/mol. The van der Waals surface area contributed by atoms with Crippen LogP contribution in [-0.2, 0) is 0 Å². The van der Waals surface area contributed by atoms with Crippen LogP contribution in [-0.4, -0.2) is 5.78 Å². The number of rotatable bonds is 0. The van der Waals surface area contributed by atoms with Crippen molar-refractivity contribution in [2.75, 3.05) is 0 Å². The molecule has 1 aliphatic rings. The zero-order valence-electron chi connectivity index (χ0n) is 11.8. The molecular formula is C21H12O. The molecule has 22 heavy (non-hydrogen) atoms. The molecule has 0 aromatic heterocycles. The number of carbonyl (C=O) groups excluding carboxylic acids is 1. The smallest absolute Gasteiger partial charge is 0.194 e. The van der Waals surface area contributed by atoms with E-state index in [4.69, 9.17) is 0 Å². The Balaban J connectivity index is 2.01. The maximum Gasteiger partial charge on any atom is 0.194 e. The number of ketones is 1. The summed E-state index contributed by atoms with van der Waals surface area (Å²) in [5, 5.41) is 4.49. The van der Waals surface area contributed by atoms with Gasteiger partial charge in [0.1, 0.15) is 0 Å². The van der Waals surface area contributed by atoms with Crippen LogP contribution in [0.3, 0.4) is 0 Å². The highest BCUT2D eigenvalue weighted by molar-refractivity contribution is 6.26. The highest BCUT2D eigenvalue weighted by atomic mass is 16.1. The van der Waals surface area contributed by atoms with Crippen molar-refractivity contribution >= 4 is 27.3 Å². The molecule has 0 unspecified atom stereocenters. The summed E-state index contributed by atoms with van der Waals surface area (Å²) >= 11 is 0. The molecule has 1 nitrogen and oxygen atoms in total. The molecule has 0 spiro atoms. The zero-order valence-corrected chi connectivity index (χ0v) is 11.8. The maximum atomic E-state index is 12.9. The molecule has 1 aliphatic carbocycles. The molecule has 0 saturated carbocycles. The monoisotopic (exact) mass is 280 g/mol. The Morgan fingerprint density at radius 3 is 1.82 bits per heavy atom. The Labute approximate surface area is 127 Å². The summed E-state index contributed by atoms with van der Waals surface area (Å²) in [6.45, 7) is 0. The Bertz CT molecular complexity index is 1080. The first kappa shape index (κ1) is 11.7. The summed E-state index contributed by atoms with van der Waals surface area (Å²) in [5.41, 5.74) is 3.84. The van der Waals surface area contributed by atoms with Gasteiger partial charge in [0.05, 0.1) is 0 Å². The summed E-state index contributed by atoms with van der Waals surface area (Å²) in [4.78, 5) is 12.9. The Morgan fingerprint density at radius 2 is 1.09 bits per heavy atom. The second kappa shape index (κ2) is 4.05. The molecule has 0 saturated heterocycles. The van der Waals surface area contributed by atoms with Crippen molar-refractivity contribution in [3.05, 3.63) is 83.9 Å². The van der Waals surface area contributed by atoms with Crippen molar-refractivity contribution in [2.45, 2.75) is 0 Å². The molecule has 1 heteroatoms. The summed E-state index contributed by atoms with van der Waals surface area (Å²) < 4.78 is 0. The Morgan fingerprint density at radius 1 is 0.500 bits per heavy atom. The molecule has 102 valence electrons. The van der Waals surface area contributed by atoms with E-state index in [1.54, 1.807) is 0 Å². The average Bonchev–Trinajstić information content (AvgIpc) is 2.58. The van der Waals surface area contributed by atoms with Crippen LogP contribution in [0.4, 0.5) is 0 Å². The minimum atomic E-state index is 0.130. The van der Waals surface area contributed by atoms with E-state index in [0.717, 1.165) is 38.4 Å². The van der Waals surface area contributed by atoms with Gasteiger partial charge in [0.25, 0.3) is 0 Å². The topological polar surface area (TPSA) is 17.1 Å². The van der Waals surface area contributed by atoms with Gasteiger partial charge in [-0.2, -0.15) is 0 Å². The lowest BCUT2D eigenvalue weighted by molar-refractivity contribution is 0.104. The minimum absolute atomic E-state index is 0.130. The number of fused-ring (bicyclic) bond motifs is 3. The fraction of sp³-hybridized carbons (Fsp3) is 0. The first-order chi connectivity index (χ1) is 10.8. The van der Waals surface area contributed by atoms with Crippen LogP contribution in [0, 0.1) is 0 Å². The third-order valence-corrected chi connectivity index (χ3v) is 4.57. The fourth-order valence-electron chi connectivity index (χ4n) is 3.55. The molecule has 0 amide bonds. The first-order valence-electron chi connectivity index (χ1n) is 7.42. The summed E-state index contributed by atoms with van der Waals surface area (Å²) in [6, 6.07) is 24.6. The van der Waals surface area contributed by atoms with Gasteiger partial charge in [-0.05, 0) is 39.4 Å². The molecule has 0 bridgehead atoms. The van der Waals surface area contributed by atoms with Crippen LogP contribution in [0.25, 0.3) is 32.7 Å². The van der Waals surface area contributed by atoms with Gasteiger partial charge in [-0.3, -0.25) is 4.79 Å². The van der Waals surface area contributed by atoms with Crippen LogP contribution >= 0.6 is 0 Å².